The monoisotopic (exact) mass is 362 g/mol. The van der Waals surface area contributed by atoms with Crippen LogP contribution in [0, 0.1) is 0 Å². The summed E-state index contributed by atoms with van der Waals surface area (Å²) in [6, 6.07) is 12.0. The van der Waals surface area contributed by atoms with Crippen LogP contribution in [0.5, 0.6) is 0 Å². The molecule has 0 aliphatic carbocycles. The highest BCUT2D eigenvalue weighted by Crippen LogP contribution is 2.26. The van der Waals surface area contributed by atoms with Crippen molar-refractivity contribution in [1.82, 2.24) is 4.90 Å². The summed E-state index contributed by atoms with van der Waals surface area (Å²) in [5.41, 5.74) is 1.50. The molecule has 0 spiro atoms. The number of anilines is 1. The number of halogens is 2. The number of benzene rings is 2. The fraction of sp³-hybridized carbons (Fsp3) is 0.111. The Balaban J connectivity index is 2.17. The Morgan fingerprint density at radius 3 is 2.46 bits per heavy atom. The van der Waals surface area contributed by atoms with Gasteiger partial charge in [0.05, 0.1) is 21.3 Å². The van der Waals surface area contributed by atoms with E-state index in [2.05, 4.69) is 5.32 Å². The summed E-state index contributed by atoms with van der Waals surface area (Å²) < 4.78 is 0. The maximum atomic E-state index is 12.1. The molecule has 0 heterocycles. The quantitative estimate of drug-likeness (QED) is 0.822. The van der Waals surface area contributed by atoms with Gasteiger partial charge in [0.1, 0.15) is 0 Å². The van der Waals surface area contributed by atoms with Crippen LogP contribution in [0.3, 0.4) is 0 Å². The van der Waals surface area contributed by atoms with Crippen LogP contribution in [-0.4, -0.2) is 30.8 Å². The van der Waals surface area contributed by atoms with Gasteiger partial charge in [-0.1, -0.05) is 47.5 Å². The van der Waals surface area contributed by atoms with E-state index in [0.29, 0.717) is 26.9 Å². The molecule has 0 saturated heterocycles. The summed E-state index contributed by atoms with van der Waals surface area (Å²) in [7, 11) is 3.31. The Morgan fingerprint density at radius 2 is 1.75 bits per heavy atom. The maximum Gasteiger partial charge on any atom is 0.255 e. The first-order valence-electron chi connectivity index (χ1n) is 7.14. The molecule has 2 aromatic rings. The van der Waals surface area contributed by atoms with Gasteiger partial charge in [-0.05, 0) is 29.8 Å². The van der Waals surface area contributed by atoms with E-state index in [4.69, 9.17) is 23.2 Å². The number of carbonyl (C=O) groups excluding carboxylic acids is 2. The molecular formula is C18H16Cl2N2O2. The SMILES string of the molecule is CN(C)C(=O)c1ccccc1NC(=O)/C=C/c1cccc(Cl)c1Cl. The van der Waals surface area contributed by atoms with E-state index in [1.165, 1.54) is 11.0 Å². The summed E-state index contributed by atoms with van der Waals surface area (Å²) in [6.45, 7) is 0. The maximum absolute atomic E-state index is 12.1. The molecule has 0 saturated carbocycles. The first-order chi connectivity index (χ1) is 11.4. The van der Waals surface area contributed by atoms with Gasteiger partial charge in [0.15, 0.2) is 0 Å². The number of hydrogen-bond acceptors (Lipinski definition) is 2. The van der Waals surface area contributed by atoms with E-state index in [1.807, 2.05) is 0 Å². The third-order valence-corrected chi connectivity index (χ3v) is 4.05. The smallest absolute Gasteiger partial charge is 0.255 e. The van der Waals surface area contributed by atoms with Crippen molar-refractivity contribution in [3.05, 3.63) is 69.7 Å². The average molecular weight is 363 g/mol. The van der Waals surface area contributed by atoms with Gasteiger partial charge in [-0.3, -0.25) is 9.59 Å². The summed E-state index contributed by atoms with van der Waals surface area (Å²) in [5, 5.41) is 3.50. The van der Waals surface area contributed by atoms with E-state index in [9.17, 15) is 9.59 Å². The van der Waals surface area contributed by atoms with Gasteiger partial charge in [0.2, 0.25) is 5.91 Å². The first kappa shape index (κ1) is 18.0. The molecular weight excluding hydrogens is 347 g/mol. The standard InChI is InChI=1S/C18H16Cl2N2O2/c1-22(2)18(24)13-7-3-4-9-15(13)21-16(23)11-10-12-6-5-8-14(19)17(12)20/h3-11H,1-2H3,(H,21,23)/b11-10+. The third kappa shape index (κ3) is 4.37. The molecule has 124 valence electrons. The zero-order chi connectivity index (χ0) is 17.7. The lowest BCUT2D eigenvalue weighted by Gasteiger charge is -2.14. The van der Waals surface area contributed by atoms with Crippen LogP contribution in [0.15, 0.2) is 48.5 Å². The largest absolute Gasteiger partial charge is 0.345 e. The summed E-state index contributed by atoms with van der Waals surface area (Å²) >= 11 is 12.0. The molecule has 2 amide bonds. The first-order valence-corrected chi connectivity index (χ1v) is 7.89. The van der Waals surface area contributed by atoms with E-state index in [1.54, 1.807) is 62.6 Å². The second-order valence-electron chi connectivity index (χ2n) is 5.21. The molecule has 0 bridgehead atoms. The predicted octanol–water partition coefficient (Wildman–Crippen LogP) is 4.35. The molecule has 24 heavy (non-hydrogen) atoms. The molecule has 0 radical (unpaired) electrons. The van der Waals surface area contributed by atoms with Crippen molar-refractivity contribution >= 4 is 46.8 Å². The molecule has 1 N–H and O–H groups in total. The molecule has 0 aromatic heterocycles. The van der Waals surface area contributed by atoms with Crippen molar-refractivity contribution in [2.24, 2.45) is 0 Å². The van der Waals surface area contributed by atoms with Crippen molar-refractivity contribution in [3.8, 4) is 0 Å². The van der Waals surface area contributed by atoms with Crippen LogP contribution < -0.4 is 5.32 Å². The lowest BCUT2D eigenvalue weighted by molar-refractivity contribution is -0.111. The molecule has 6 heteroatoms. The van der Waals surface area contributed by atoms with E-state index >= 15 is 0 Å². The number of para-hydroxylation sites is 1. The molecule has 0 aliphatic rings. The van der Waals surface area contributed by atoms with E-state index in [-0.39, 0.29) is 11.8 Å². The van der Waals surface area contributed by atoms with Crippen LogP contribution in [0.2, 0.25) is 10.0 Å². The van der Waals surface area contributed by atoms with Gasteiger partial charge in [-0.15, -0.1) is 0 Å². The second kappa shape index (κ2) is 7.99. The number of nitrogens with one attached hydrogen (secondary N) is 1. The average Bonchev–Trinajstić information content (AvgIpc) is 2.56. The molecule has 0 aliphatic heterocycles. The third-order valence-electron chi connectivity index (χ3n) is 3.22. The summed E-state index contributed by atoms with van der Waals surface area (Å²) in [4.78, 5) is 25.7. The van der Waals surface area contributed by atoms with Crippen molar-refractivity contribution in [2.45, 2.75) is 0 Å². The number of rotatable bonds is 4. The zero-order valence-corrected chi connectivity index (χ0v) is 14.7. The van der Waals surface area contributed by atoms with Gasteiger partial charge in [0.25, 0.3) is 5.91 Å². The van der Waals surface area contributed by atoms with E-state index < -0.39 is 0 Å². The van der Waals surface area contributed by atoms with Crippen LogP contribution in [-0.2, 0) is 4.79 Å². The van der Waals surface area contributed by atoms with Gasteiger partial charge >= 0.3 is 0 Å². The zero-order valence-electron chi connectivity index (χ0n) is 13.2. The van der Waals surface area contributed by atoms with Crippen molar-refractivity contribution in [1.29, 1.82) is 0 Å². The van der Waals surface area contributed by atoms with Gasteiger partial charge < -0.3 is 10.2 Å². The molecule has 2 rings (SSSR count). The highest BCUT2D eigenvalue weighted by atomic mass is 35.5. The Hall–Kier alpha value is -2.30. The van der Waals surface area contributed by atoms with Crippen LogP contribution in [0.4, 0.5) is 5.69 Å². The number of amides is 2. The molecule has 0 atom stereocenters. The fourth-order valence-corrected chi connectivity index (χ4v) is 2.38. The Morgan fingerprint density at radius 1 is 1.04 bits per heavy atom. The highest BCUT2D eigenvalue weighted by molar-refractivity contribution is 6.42. The van der Waals surface area contributed by atoms with Crippen LogP contribution in [0.1, 0.15) is 15.9 Å². The lowest BCUT2D eigenvalue weighted by atomic mass is 10.1. The summed E-state index contributed by atoms with van der Waals surface area (Å²) in [6.07, 6.45) is 2.91. The molecule has 2 aromatic carbocycles. The summed E-state index contributed by atoms with van der Waals surface area (Å²) in [5.74, 6) is -0.558. The van der Waals surface area contributed by atoms with E-state index in [0.717, 1.165) is 0 Å². The minimum atomic E-state index is -0.370. The molecule has 0 fully saturated rings. The topological polar surface area (TPSA) is 49.4 Å². The minimum Gasteiger partial charge on any atom is -0.345 e. The predicted molar refractivity (Wildman–Crippen MR) is 98.6 cm³/mol. The molecule has 4 nitrogen and oxygen atoms in total. The number of hydrogen-bond donors (Lipinski definition) is 1. The van der Waals surface area contributed by atoms with Gasteiger partial charge in [-0.2, -0.15) is 0 Å². The van der Waals surface area contributed by atoms with Crippen LogP contribution >= 0.6 is 23.2 Å². The van der Waals surface area contributed by atoms with Crippen molar-refractivity contribution in [3.63, 3.8) is 0 Å². The second-order valence-corrected chi connectivity index (χ2v) is 6.00. The van der Waals surface area contributed by atoms with Gasteiger partial charge in [0, 0.05) is 20.2 Å². The normalized spacial score (nSPS) is 10.7. The van der Waals surface area contributed by atoms with Crippen molar-refractivity contribution in [2.75, 3.05) is 19.4 Å². The Bertz CT molecular complexity index is 801. The fourth-order valence-electron chi connectivity index (χ4n) is 2.01. The Labute approximate surface area is 150 Å². The highest BCUT2D eigenvalue weighted by Gasteiger charge is 2.13. The minimum absolute atomic E-state index is 0.187. The Kier molecular flexibility index (Phi) is 6.01. The lowest BCUT2D eigenvalue weighted by Crippen LogP contribution is -2.23. The number of carbonyl (C=O) groups is 2. The van der Waals surface area contributed by atoms with Gasteiger partial charge in [-0.25, -0.2) is 0 Å². The van der Waals surface area contributed by atoms with Crippen LogP contribution in [0.25, 0.3) is 6.08 Å². The molecule has 0 unspecified atom stereocenters. The van der Waals surface area contributed by atoms with Crippen molar-refractivity contribution < 1.29 is 9.59 Å². The number of nitrogens with zero attached hydrogens (tertiary/aromatic N) is 1.